The first-order valence-electron chi connectivity index (χ1n) is 5.31. The first-order valence-corrected chi connectivity index (χ1v) is 5.69. The molecule has 0 saturated heterocycles. The molecule has 0 bridgehead atoms. The number of anilines is 1. The fourth-order valence-corrected chi connectivity index (χ4v) is 1.72. The summed E-state index contributed by atoms with van der Waals surface area (Å²) in [5.74, 6) is -0.923. The molecule has 9 heteroatoms. The van der Waals surface area contributed by atoms with E-state index in [1.54, 1.807) is 0 Å². The molecule has 2 aromatic rings. The summed E-state index contributed by atoms with van der Waals surface area (Å²) in [5.41, 5.74) is -1.56. The molecular formula is C11H8ClF3N4O. The summed E-state index contributed by atoms with van der Waals surface area (Å²) in [4.78, 5) is 15.6. The minimum absolute atomic E-state index is 0.116. The van der Waals surface area contributed by atoms with E-state index in [4.69, 9.17) is 11.6 Å². The zero-order valence-electron chi connectivity index (χ0n) is 10.1. The predicted octanol–water partition coefficient (Wildman–Crippen LogP) is 2.74. The number of aryl methyl sites for hydroxylation is 1. The van der Waals surface area contributed by atoms with Gasteiger partial charge >= 0.3 is 6.18 Å². The van der Waals surface area contributed by atoms with Crippen LogP contribution in [0.2, 0.25) is 5.15 Å². The second kappa shape index (κ2) is 5.12. The van der Waals surface area contributed by atoms with Crippen LogP contribution in [0.15, 0.2) is 24.5 Å². The molecule has 0 radical (unpaired) electrons. The molecular weight excluding hydrogens is 297 g/mol. The molecule has 0 unspecified atom stereocenters. The number of pyridine rings is 1. The maximum Gasteiger partial charge on any atom is 0.435 e. The van der Waals surface area contributed by atoms with Gasteiger partial charge in [-0.3, -0.25) is 9.48 Å². The van der Waals surface area contributed by atoms with E-state index in [0.29, 0.717) is 0 Å². The van der Waals surface area contributed by atoms with E-state index in [1.807, 2.05) is 0 Å². The quantitative estimate of drug-likeness (QED) is 0.868. The fourth-order valence-electron chi connectivity index (χ4n) is 1.54. The molecule has 20 heavy (non-hydrogen) atoms. The second-order valence-corrected chi connectivity index (χ2v) is 4.27. The Hall–Kier alpha value is -2.09. The molecule has 2 heterocycles. The van der Waals surface area contributed by atoms with Crippen LogP contribution in [0.1, 0.15) is 16.1 Å². The van der Waals surface area contributed by atoms with Crippen LogP contribution in [-0.4, -0.2) is 20.7 Å². The number of hydrogen-bond donors (Lipinski definition) is 1. The van der Waals surface area contributed by atoms with Crippen molar-refractivity contribution in [1.82, 2.24) is 14.8 Å². The Labute approximate surface area is 116 Å². The lowest BCUT2D eigenvalue weighted by molar-refractivity contribution is -0.141. The topological polar surface area (TPSA) is 59.8 Å². The smallest absolute Gasteiger partial charge is 0.322 e. The van der Waals surface area contributed by atoms with E-state index in [0.717, 1.165) is 10.9 Å². The Morgan fingerprint density at radius 1 is 1.45 bits per heavy atom. The lowest BCUT2D eigenvalue weighted by Gasteiger charge is -2.07. The number of carbonyl (C=O) groups excluding carboxylic acids is 1. The number of aromatic nitrogens is 3. The van der Waals surface area contributed by atoms with Gasteiger partial charge in [-0.15, -0.1) is 0 Å². The van der Waals surface area contributed by atoms with Gasteiger partial charge in [-0.1, -0.05) is 11.6 Å². The summed E-state index contributed by atoms with van der Waals surface area (Å²) in [5, 5.41) is 5.68. The molecule has 0 atom stereocenters. The summed E-state index contributed by atoms with van der Waals surface area (Å²) in [6.45, 7) is 0. The van der Waals surface area contributed by atoms with Gasteiger partial charge in [0.2, 0.25) is 0 Å². The molecule has 0 aliphatic carbocycles. The van der Waals surface area contributed by atoms with Crippen LogP contribution in [0, 0.1) is 0 Å². The molecule has 5 nitrogen and oxygen atoms in total. The molecule has 0 fully saturated rings. The lowest BCUT2D eigenvalue weighted by atomic mass is 10.2. The maximum absolute atomic E-state index is 12.7. The van der Waals surface area contributed by atoms with Crippen molar-refractivity contribution in [3.63, 3.8) is 0 Å². The third kappa shape index (κ3) is 3.08. The molecule has 0 spiro atoms. The highest BCUT2D eigenvalue weighted by molar-refractivity contribution is 6.29. The summed E-state index contributed by atoms with van der Waals surface area (Å²) in [6.07, 6.45) is -2.38. The minimum Gasteiger partial charge on any atom is -0.322 e. The molecule has 1 N–H and O–H groups in total. The first-order chi connectivity index (χ1) is 9.27. The number of hydrogen-bond acceptors (Lipinski definition) is 3. The van der Waals surface area contributed by atoms with Gasteiger partial charge < -0.3 is 5.32 Å². The van der Waals surface area contributed by atoms with Crippen molar-refractivity contribution in [3.8, 4) is 0 Å². The van der Waals surface area contributed by atoms with E-state index in [2.05, 4.69) is 15.4 Å². The Morgan fingerprint density at radius 2 is 2.15 bits per heavy atom. The third-order valence-corrected chi connectivity index (χ3v) is 2.53. The first kappa shape index (κ1) is 14.3. The third-order valence-electron chi connectivity index (χ3n) is 2.33. The van der Waals surface area contributed by atoms with Crippen LogP contribution in [-0.2, 0) is 13.2 Å². The monoisotopic (exact) mass is 304 g/mol. The van der Waals surface area contributed by atoms with Crippen molar-refractivity contribution in [2.75, 3.05) is 5.32 Å². The SMILES string of the molecule is Cn1cc(C(=O)Nc2ccnc(Cl)c2)c(C(F)(F)F)n1. The Kier molecular flexibility index (Phi) is 3.67. The van der Waals surface area contributed by atoms with Crippen molar-refractivity contribution in [2.45, 2.75) is 6.18 Å². The van der Waals surface area contributed by atoms with Crippen LogP contribution in [0.3, 0.4) is 0 Å². The van der Waals surface area contributed by atoms with Crippen molar-refractivity contribution in [2.24, 2.45) is 7.05 Å². The minimum atomic E-state index is -4.70. The van der Waals surface area contributed by atoms with Gasteiger partial charge in [0.1, 0.15) is 5.15 Å². The van der Waals surface area contributed by atoms with Gasteiger partial charge in [-0.2, -0.15) is 18.3 Å². The van der Waals surface area contributed by atoms with Crippen molar-refractivity contribution < 1.29 is 18.0 Å². The zero-order chi connectivity index (χ0) is 14.9. The van der Waals surface area contributed by atoms with Gasteiger partial charge in [0, 0.05) is 25.1 Å². The number of carbonyl (C=O) groups is 1. The Balaban J connectivity index is 2.30. The van der Waals surface area contributed by atoms with E-state index >= 15 is 0 Å². The van der Waals surface area contributed by atoms with Crippen LogP contribution in [0.25, 0.3) is 0 Å². The molecule has 2 aromatic heterocycles. The van der Waals surface area contributed by atoms with Gasteiger partial charge in [-0.25, -0.2) is 4.98 Å². The predicted molar refractivity (Wildman–Crippen MR) is 65.4 cm³/mol. The van der Waals surface area contributed by atoms with Gasteiger partial charge in [0.15, 0.2) is 5.69 Å². The summed E-state index contributed by atoms with van der Waals surface area (Å²) in [6, 6.07) is 2.73. The Morgan fingerprint density at radius 3 is 2.75 bits per heavy atom. The summed E-state index contributed by atoms with van der Waals surface area (Å²) >= 11 is 5.62. The standard InChI is InChI=1S/C11H8ClF3N4O/c1-19-5-7(9(18-19)11(13,14)15)10(20)17-6-2-3-16-8(12)4-6/h2-5H,1H3,(H,16,17,20). The van der Waals surface area contributed by atoms with Crippen molar-refractivity contribution in [1.29, 1.82) is 0 Å². The summed E-state index contributed by atoms with van der Waals surface area (Å²) < 4.78 is 39.1. The number of amides is 1. The van der Waals surface area contributed by atoms with Crippen molar-refractivity contribution >= 4 is 23.2 Å². The van der Waals surface area contributed by atoms with Crippen LogP contribution in [0.4, 0.5) is 18.9 Å². The van der Waals surface area contributed by atoms with E-state index in [-0.39, 0.29) is 10.8 Å². The highest BCUT2D eigenvalue weighted by Gasteiger charge is 2.38. The van der Waals surface area contributed by atoms with E-state index < -0.39 is 23.3 Å². The molecule has 0 saturated carbocycles. The van der Waals surface area contributed by atoms with Gasteiger partial charge in [-0.05, 0) is 12.1 Å². The number of nitrogens with one attached hydrogen (secondary N) is 1. The fraction of sp³-hybridized carbons (Fsp3) is 0.182. The van der Waals surface area contributed by atoms with Crippen LogP contribution >= 0.6 is 11.6 Å². The number of halogens is 4. The maximum atomic E-state index is 12.7. The summed E-state index contributed by atoms with van der Waals surface area (Å²) in [7, 11) is 1.30. The second-order valence-electron chi connectivity index (χ2n) is 3.88. The average Bonchev–Trinajstić information content (AvgIpc) is 2.71. The highest BCUT2D eigenvalue weighted by atomic mass is 35.5. The number of nitrogens with zero attached hydrogens (tertiary/aromatic N) is 3. The van der Waals surface area contributed by atoms with Crippen molar-refractivity contribution in [3.05, 3.63) is 40.9 Å². The number of alkyl halides is 3. The molecule has 1 amide bonds. The normalized spacial score (nSPS) is 11.4. The van der Waals surface area contributed by atoms with Crippen LogP contribution < -0.4 is 5.32 Å². The van der Waals surface area contributed by atoms with E-state index in [9.17, 15) is 18.0 Å². The largest absolute Gasteiger partial charge is 0.435 e. The molecule has 0 aliphatic heterocycles. The molecule has 0 aromatic carbocycles. The number of rotatable bonds is 2. The van der Waals surface area contributed by atoms with E-state index in [1.165, 1.54) is 25.4 Å². The average molecular weight is 305 g/mol. The lowest BCUT2D eigenvalue weighted by Crippen LogP contribution is -2.17. The van der Waals surface area contributed by atoms with Gasteiger partial charge in [0.25, 0.3) is 5.91 Å². The molecule has 106 valence electrons. The Bertz CT molecular complexity index is 653. The van der Waals surface area contributed by atoms with Gasteiger partial charge in [0.05, 0.1) is 5.56 Å². The zero-order valence-corrected chi connectivity index (χ0v) is 10.8. The molecule has 2 rings (SSSR count). The molecule has 0 aliphatic rings. The van der Waals surface area contributed by atoms with Crippen LogP contribution in [0.5, 0.6) is 0 Å². The highest BCUT2D eigenvalue weighted by Crippen LogP contribution is 2.30.